The lowest BCUT2D eigenvalue weighted by atomic mass is 10.5. The minimum Gasteiger partial charge on any atom is -0.0771 e. The maximum atomic E-state index is 5.61. The Hall–Kier alpha value is 0.490. The molecule has 3 heteroatoms. The van der Waals surface area contributed by atoms with E-state index in [9.17, 15) is 0 Å². The number of hydrogen-bond acceptors (Lipinski definition) is 0. The number of halogens is 2. The Kier molecular flexibility index (Phi) is 2.37. The third-order valence-electron chi connectivity index (χ3n) is 0.953. The zero-order chi connectivity index (χ0) is 5.98. The van der Waals surface area contributed by atoms with Crippen molar-refractivity contribution in [2.75, 3.05) is 0 Å². The normalized spacial score (nSPS) is 18.9. The smallest absolute Gasteiger partial charge is 0.0771 e. The van der Waals surface area contributed by atoms with Crippen molar-refractivity contribution in [3.8, 4) is 0 Å². The summed E-state index contributed by atoms with van der Waals surface area (Å²) in [5, 5.41) is 0. The summed E-state index contributed by atoms with van der Waals surface area (Å²) in [6.07, 6.45) is 7.94. The SMILES string of the molecule is ClP(Cl)C1C=CC=C1. The molecular weight excluding hydrogens is 162 g/mol. The van der Waals surface area contributed by atoms with E-state index in [1.165, 1.54) is 0 Å². The van der Waals surface area contributed by atoms with E-state index in [-0.39, 0.29) is 0 Å². The summed E-state index contributed by atoms with van der Waals surface area (Å²) in [5.74, 6) is 0. The lowest BCUT2D eigenvalue weighted by molar-refractivity contribution is 1.47. The summed E-state index contributed by atoms with van der Waals surface area (Å²) in [7, 11) is 0. The molecule has 0 nitrogen and oxygen atoms in total. The zero-order valence-corrected chi connectivity index (χ0v) is 6.50. The summed E-state index contributed by atoms with van der Waals surface area (Å²) >= 11 is 11.2. The third-order valence-corrected chi connectivity index (χ3v) is 3.10. The molecule has 0 bridgehead atoms. The molecule has 0 atom stereocenters. The van der Waals surface area contributed by atoms with Gasteiger partial charge in [-0.15, -0.1) is 0 Å². The van der Waals surface area contributed by atoms with Crippen LogP contribution in [0.15, 0.2) is 24.3 Å². The van der Waals surface area contributed by atoms with Crippen LogP contribution in [0.4, 0.5) is 0 Å². The highest BCUT2D eigenvalue weighted by Gasteiger charge is 2.11. The molecule has 1 aliphatic rings. The average molecular weight is 167 g/mol. The van der Waals surface area contributed by atoms with E-state index in [1.807, 2.05) is 24.3 Å². The monoisotopic (exact) mass is 166 g/mol. The Morgan fingerprint density at radius 1 is 1.12 bits per heavy atom. The van der Waals surface area contributed by atoms with E-state index in [1.54, 1.807) is 0 Å². The van der Waals surface area contributed by atoms with Crippen LogP contribution in [0, 0.1) is 0 Å². The minimum absolute atomic E-state index is 0.299. The Labute approximate surface area is 59.5 Å². The largest absolute Gasteiger partial charge is 0.0963 e. The van der Waals surface area contributed by atoms with Crippen molar-refractivity contribution in [3.05, 3.63) is 24.3 Å². The van der Waals surface area contributed by atoms with Gasteiger partial charge in [0.05, 0.1) is 6.63 Å². The maximum absolute atomic E-state index is 5.61. The second-order valence-electron chi connectivity index (χ2n) is 1.52. The van der Waals surface area contributed by atoms with Crippen LogP contribution in [-0.4, -0.2) is 5.66 Å². The Bertz CT molecular complexity index is 116. The van der Waals surface area contributed by atoms with Crippen molar-refractivity contribution in [1.82, 2.24) is 0 Å². The van der Waals surface area contributed by atoms with Gasteiger partial charge in [-0.3, -0.25) is 0 Å². The highest BCUT2D eigenvalue weighted by atomic mass is 35.9. The van der Waals surface area contributed by atoms with E-state index in [2.05, 4.69) is 0 Å². The highest BCUT2D eigenvalue weighted by molar-refractivity contribution is 8.04. The molecular formula is C5H5Cl2P. The molecule has 0 aromatic heterocycles. The van der Waals surface area contributed by atoms with Gasteiger partial charge in [0.1, 0.15) is 0 Å². The van der Waals surface area contributed by atoms with Crippen LogP contribution in [-0.2, 0) is 0 Å². The summed E-state index contributed by atoms with van der Waals surface area (Å²) in [4.78, 5) is 0. The molecule has 0 aromatic rings. The first kappa shape index (κ1) is 6.61. The molecule has 0 fully saturated rings. The van der Waals surface area contributed by atoms with Crippen molar-refractivity contribution in [2.24, 2.45) is 0 Å². The van der Waals surface area contributed by atoms with Crippen LogP contribution >= 0.6 is 29.1 Å². The summed E-state index contributed by atoms with van der Waals surface area (Å²) in [5.41, 5.74) is 0.299. The molecule has 8 heavy (non-hydrogen) atoms. The molecule has 0 heterocycles. The molecule has 1 aliphatic carbocycles. The molecule has 1 rings (SSSR count). The van der Waals surface area contributed by atoms with Crippen LogP contribution in [0.1, 0.15) is 0 Å². The Balaban J connectivity index is 2.49. The Morgan fingerprint density at radius 3 is 1.88 bits per heavy atom. The number of allylic oxidation sites excluding steroid dienone is 4. The van der Waals surface area contributed by atoms with Gasteiger partial charge in [-0.2, -0.15) is 0 Å². The fourth-order valence-corrected chi connectivity index (χ4v) is 1.79. The van der Waals surface area contributed by atoms with E-state index in [0.717, 1.165) is 0 Å². The quantitative estimate of drug-likeness (QED) is 0.525. The van der Waals surface area contributed by atoms with Gasteiger partial charge in [0.2, 0.25) is 0 Å². The van der Waals surface area contributed by atoms with E-state index < -0.39 is 6.63 Å². The third kappa shape index (κ3) is 1.48. The lowest BCUT2D eigenvalue weighted by Gasteiger charge is -2.01. The van der Waals surface area contributed by atoms with Crippen LogP contribution in [0.3, 0.4) is 0 Å². The first-order chi connectivity index (χ1) is 3.80. The molecule has 0 amide bonds. The maximum Gasteiger partial charge on any atom is 0.0963 e. The van der Waals surface area contributed by atoms with Gasteiger partial charge in [-0.05, 0) is 0 Å². The molecule has 0 spiro atoms. The number of rotatable bonds is 1. The van der Waals surface area contributed by atoms with Crippen LogP contribution in [0.25, 0.3) is 0 Å². The van der Waals surface area contributed by atoms with Gasteiger partial charge in [-0.1, -0.05) is 46.8 Å². The Morgan fingerprint density at radius 2 is 1.62 bits per heavy atom. The van der Waals surface area contributed by atoms with E-state index in [0.29, 0.717) is 5.66 Å². The van der Waals surface area contributed by atoms with Crippen LogP contribution < -0.4 is 0 Å². The zero-order valence-electron chi connectivity index (χ0n) is 4.09. The number of hydrogen-bond donors (Lipinski definition) is 0. The van der Waals surface area contributed by atoms with Gasteiger partial charge in [0.25, 0.3) is 0 Å². The van der Waals surface area contributed by atoms with E-state index >= 15 is 0 Å². The van der Waals surface area contributed by atoms with Crippen molar-refractivity contribution in [2.45, 2.75) is 5.66 Å². The topological polar surface area (TPSA) is 0 Å². The second-order valence-corrected chi connectivity index (χ2v) is 5.34. The molecule has 0 saturated carbocycles. The van der Waals surface area contributed by atoms with Gasteiger partial charge < -0.3 is 0 Å². The van der Waals surface area contributed by atoms with Crippen molar-refractivity contribution in [1.29, 1.82) is 0 Å². The molecule has 0 aromatic carbocycles. The van der Waals surface area contributed by atoms with Crippen LogP contribution in [0.5, 0.6) is 0 Å². The molecule has 0 N–H and O–H groups in total. The van der Waals surface area contributed by atoms with Gasteiger partial charge in [0.15, 0.2) is 0 Å². The summed E-state index contributed by atoms with van der Waals surface area (Å²) in [6.45, 7) is -0.831. The highest BCUT2D eigenvalue weighted by Crippen LogP contribution is 2.53. The lowest BCUT2D eigenvalue weighted by Crippen LogP contribution is -1.83. The molecule has 44 valence electrons. The average Bonchev–Trinajstić information content (AvgIpc) is 2.12. The summed E-state index contributed by atoms with van der Waals surface area (Å²) in [6, 6.07) is 0. The summed E-state index contributed by atoms with van der Waals surface area (Å²) < 4.78 is 0. The first-order valence-electron chi connectivity index (χ1n) is 2.26. The van der Waals surface area contributed by atoms with Crippen molar-refractivity contribution in [3.63, 3.8) is 0 Å². The molecule has 0 aliphatic heterocycles. The first-order valence-corrected chi connectivity index (χ1v) is 5.48. The fourth-order valence-electron chi connectivity index (χ4n) is 0.550. The standard InChI is InChI=1S/C5H5Cl2P/c6-8(7)5-3-1-2-4-5/h1-5H. The molecule has 0 unspecified atom stereocenters. The minimum atomic E-state index is -0.831. The van der Waals surface area contributed by atoms with Gasteiger partial charge in [-0.25, -0.2) is 0 Å². The van der Waals surface area contributed by atoms with Crippen molar-refractivity contribution < 1.29 is 0 Å². The van der Waals surface area contributed by atoms with Gasteiger partial charge >= 0.3 is 0 Å². The molecule has 0 radical (unpaired) electrons. The van der Waals surface area contributed by atoms with E-state index in [4.69, 9.17) is 22.5 Å². The molecule has 0 saturated heterocycles. The second kappa shape index (κ2) is 2.87. The van der Waals surface area contributed by atoms with Crippen LogP contribution in [0.2, 0.25) is 0 Å². The predicted molar refractivity (Wildman–Crippen MR) is 40.7 cm³/mol. The van der Waals surface area contributed by atoms with Gasteiger partial charge in [0, 0.05) is 5.66 Å². The predicted octanol–water partition coefficient (Wildman–Crippen LogP) is 3.27. The fraction of sp³-hybridized carbons (Fsp3) is 0.200. The van der Waals surface area contributed by atoms with Crippen molar-refractivity contribution >= 4 is 29.1 Å².